The third kappa shape index (κ3) is 0.644. The third-order valence-electron chi connectivity index (χ3n) is 2.27. The van der Waals surface area contributed by atoms with Gasteiger partial charge < -0.3 is 11.1 Å². The number of piperidine rings is 1. The molecule has 2 rings (SSSR count). The quantitative estimate of drug-likeness (QED) is 0.459. The summed E-state index contributed by atoms with van der Waals surface area (Å²) in [6.07, 6.45) is 2.95. The van der Waals surface area contributed by atoms with Gasteiger partial charge in [0.15, 0.2) is 0 Å². The van der Waals surface area contributed by atoms with Crippen LogP contribution in [0.4, 0.5) is 0 Å². The van der Waals surface area contributed by atoms with Crippen LogP contribution in [0.5, 0.6) is 0 Å². The topological polar surface area (TPSA) is 38.0 Å². The minimum Gasteiger partial charge on any atom is -0.316 e. The van der Waals surface area contributed by atoms with E-state index in [-0.39, 0.29) is 0 Å². The highest BCUT2D eigenvalue weighted by atomic mass is 15.0. The summed E-state index contributed by atoms with van der Waals surface area (Å²) in [7, 11) is 0. The largest absolute Gasteiger partial charge is 0.316 e. The molecule has 0 aromatic rings. The molecule has 8 heavy (non-hydrogen) atoms. The van der Waals surface area contributed by atoms with E-state index in [1.165, 1.54) is 19.4 Å². The van der Waals surface area contributed by atoms with Gasteiger partial charge in [0.1, 0.15) is 0 Å². The van der Waals surface area contributed by atoms with Gasteiger partial charge in [-0.15, -0.1) is 0 Å². The molecular weight excluding hydrogens is 100 g/mol. The zero-order valence-corrected chi connectivity index (χ0v) is 4.93. The Balaban J connectivity index is 1.93. The molecule has 1 heterocycles. The van der Waals surface area contributed by atoms with Crippen molar-refractivity contribution in [3.63, 3.8) is 0 Å². The minimum absolute atomic E-state index is 0.304. The van der Waals surface area contributed by atoms with Crippen molar-refractivity contribution in [1.82, 2.24) is 5.32 Å². The van der Waals surface area contributed by atoms with Gasteiger partial charge in [-0.25, -0.2) is 0 Å². The summed E-state index contributed by atoms with van der Waals surface area (Å²) in [6, 6.07) is 0. The SMILES string of the molecule is NC1CC2CC2CN1. The summed E-state index contributed by atoms with van der Waals surface area (Å²) >= 11 is 0. The van der Waals surface area contributed by atoms with Crippen LogP contribution in [0.2, 0.25) is 0 Å². The van der Waals surface area contributed by atoms with E-state index in [9.17, 15) is 0 Å². The number of hydrogen-bond acceptors (Lipinski definition) is 2. The monoisotopic (exact) mass is 112 g/mol. The Morgan fingerprint density at radius 1 is 1.25 bits per heavy atom. The van der Waals surface area contributed by atoms with Gasteiger partial charge >= 0.3 is 0 Å². The summed E-state index contributed by atoms with van der Waals surface area (Å²) in [5.41, 5.74) is 5.64. The standard InChI is InChI=1S/C6H12N2/c7-6-2-4-1-5(4)3-8-6/h4-6,8H,1-3,7H2. The molecule has 46 valence electrons. The summed E-state index contributed by atoms with van der Waals surface area (Å²) in [5, 5.41) is 3.25. The van der Waals surface area contributed by atoms with E-state index in [0.29, 0.717) is 6.17 Å². The van der Waals surface area contributed by atoms with Gasteiger partial charge in [-0.05, 0) is 31.2 Å². The van der Waals surface area contributed by atoms with E-state index in [1.54, 1.807) is 0 Å². The lowest BCUT2D eigenvalue weighted by atomic mass is 10.1. The first-order valence-corrected chi connectivity index (χ1v) is 3.35. The number of nitrogens with two attached hydrogens (primary N) is 1. The molecule has 2 heteroatoms. The number of hydrogen-bond donors (Lipinski definition) is 2. The highest BCUT2D eigenvalue weighted by Crippen LogP contribution is 2.43. The van der Waals surface area contributed by atoms with Crippen molar-refractivity contribution in [1.29, 1.82) is 0 Å². The smallest absolute Gasteiger partial charge is 0.0549 e. The maximum atomic E-state index is 5.64. The fraction of sp³-hybridized carbons (Fsp3) is 1.00. The summed E-state index contributed by atoms with van der Waals surface area (Å²) in [4.78, 5) is 0. The lowest BCUT2D eigenvalue weighted by Gasteiger charge is -2.17. The van der Waals surface area contributed by atoms with Crippen molar-refractivity contribution in [3.05, 3.63) is 0 Å². The van der Waals surface area contributed by atoms with E-state index in [4.69, 9.17) is 5.73 Å². The first kappa shape index (κ1) is 4.77. The van der Waals surface area contributed by atoms with Crippen LogP contribution >= 0.6 is 0 Å². The average molecular weight is 112 g/mol. The summed E-state index contributed by atoms with van der Waals surface area (Å²) < 4.78 is 0. The molecule has 3 N–H and O–H groups in total. The number of fused-ring (bicyclic) bond motifs is 1. The van der Waals surface area contributed by atoms with Gasteiger partial charge in [0.25, 0.3) is 0 Å². The van der Waals surface area contributed by atoms with Crippen molar-refractivity contribution in [2.45, 2.75) is 19.0 Å². The molecule has 2 aliphatic rings. The van der Waals surface area contributed by atoms with E-state index in [0.717, 1.165) is 11.8 Å². The molecule has 0 radical (unpaired) electrons. The fourth-order valence-corrected chi connectivity index (χ4v) is 1.56. The summed E-state index contributed by atoms with van der Waals surface area (Å²) in [5.74, 6) is 1.99. The molecule has 0 amide bonds. The van der Waals surface area contributed by atoms with Crippen LogP contribution in [0.3, 0.4) is 0 Å². The predicted octanol–water partition coefficient (Wildman–Crippen LogP) is -0.0994. The zero-order valence-electron chi connectivity index (χ0n) is 4.93. The molecule has 0 spiro atoms. The van der Waals surface area contributed by atoms with Gasteiger partial charge in [-0.1, -0.05) is 0 Å². The molecule has 3 atom stereocenters. The van der Waals surface area contributed by atoms with Gasteiger partial charge in [0, 0.05) is 0 Å². The molecule has 2 nitrogen and oxygen atoms in total. The molecule has 0 aromatic carbocycles. The second-order valence-electron chi connectivity index (χ2n) is 3.01. The molecule has 1 aliphatic carbocycles. The van der Waals surface area contributed by atoms with Crippen molar-refractivity contribution in [2.75, 3.05) is 6.54 Å². The number of rotatable bonds is 0. The van der Waals surface area contributed by atoms with Crippen molar-refractivity contribution in [2.24, 2.45) is 17.6 Å². The Morgan fingerprint density at radius 2 is 2.12 bits per heavy atom. The molecule has 0 bridgehead atoms. The Hall–Kier alpha value is -0.0800. The van der Waals surface area contributed by atoms with E-state index < -0.39 is 0 Å². The number of nitrogens with one attached hydrogen (secondary N) is 1. The summed E-state index contributed by atoms with van der Waals surface area (Å²) in [6.45, 7) is 1.17. The van der Waals surface area contributed by atoms with Gasteiger partial charge in [-0.3, -0.25) is 0 Å². The lowest BCUT2D eigenvalue weighted by Crippen LogP contribution is -2.42. The van der Waals surface area contributed by atoms with Crippen LogP contribution in [0.15, 0.2) is 0 Å². The van der Waals surface area contributed by atoms with Crippen molar-refractivity contribution in [3.8, 4) is 0 Å². The minimum atomic E-state index is 0.304. The highest BCUT2D eigenvalue weighted by Gasteiger charge is 2.40. The van der Waals surface area contributed by atoms with Gasteiger partial charge in [0.2, 0.25) is 0 Å². The van der Waals surface area contributed by atoms with Crippen LogP contribution in [-0.2, 0) is 0 Å². The Labute approximate surface area is 49.4 Å². The Kier molecular flexibility index (Phi) is 0.866. The highest BCUT2D eigenvalue weighted by molar-refractivity contribution is 4.93. The molecule has 2 fully saturated rings. The predicted molar refractivity (Wildman–Crippen MR) is 32.2 cm³/mol. The van der Waals surface area contributed by atoms with Crippen LogP contribution in [0.25, 0.3) is 0 Å². The molecule has 1 saturated heterocycles. The van der Waals surface area contributed by atoms with Crippen LogP contribution in [-0.4, -0.2) is 12.7 Å². The Morgan fingerprint density at radius 3 is 2.75 bits per heavy atom. The van der Waals surface area contributed by atoms with Gasteiger partial charge in [0.05, 0.1) is 6.17 Å². The van der Waals surface area contributed by atoms with Crippen LogP contribution in [0, 0.1) is 11.8 Å². The first-order valence-electron chi connectivity index (χ1n) is 3.35. The van der Waals surface area contributed by atoms with Crippen molar-refractivity contribution < 1.29 is 0 Å². The lowest BCUT2D eigenvalue weighted by molar-refractivity contribution is 0.394. The Bertz CT molecular complexity index is 103. The molecule has 3 unspecified atom stereocenters. The van der Waals surface area contributed by atoms with E-state index >= 15 is 0 Å². The zero-order chi connectivity index (χ0) is 5.56. The third-order valence-corrected chi connectivity index (χ3v) is 2.27. The maximum absolute atomic E-state index is 5.64. The second kappa shape index (κ2) is 1.45. The molecular formula is C6H12N2. The fourth-order valence-electron chi connectivity index (χ4n) is 1.56. The van der Waals surface area contributed by atoms with Gasteiger partial charge in [-0.2, -0.15) is 0 Å². The van der Waals surface area contributed by atoms with E-state index in [2.05, 4.69) is 5.32 Å². The molecule has 1 saturated carbocycles. The second-order valence-corrected chi connectivity index (χ2v) is 3.01. The normalized spacial score (nSPS) is 52.9. The molecule has 0 aromatic heterocycles. The van der Waals surface area contributed by atoms with Crippen LogP contribution in [0.1, 0.15) is 12.8 Å². The molecule has 1 aliphatic heterocycles. The average Bonchev–Trinajstić information content (AvgIpc) is 2.43. The first-order chi connectivity index (χ1) is 3.86. The maximum Gasteiger partial charge on any atom is 0.0549 e. The van der Waals surface area contributed by atoms with E-state index in [1.807, 2.05) is 0 Å². The van der Waals surface area contributed by atoms with Crippen molar-refractivity contribution >= 4 is 0 Å². The van der Waals surface area contributed by atoms with Crippen LogP contribution < -0.4 is 11.1 Å².